The van der Waals surface area contributed by atoms with E-state index in [1.807, 2.05) is 22.8 Å². The summed E-state index contributed by atoms with van der Waals surface area (Å²) in [5, 5.41) is 7.20. The van der Waals surface area contributed by atoms with E-state index in [9.17, 15) is 4.79 Å². The molecule has 1 amide bonds. The average molecular weight is 278 g/mol. The molecule has 4 rings (SSSR count). The van der Waals surface area contributed by atoms with Gasteiger partial charge in [0.25, 0.3) is 0 Å². The minimum atomic E-state index is 0.134. The highest BCUT2D eigenvalue weighted by atomic mass is 16.1. The van der Waals surface area contributed by atoms with Gasteiger partial charge in [0.1, 0.15) is 0 Å². The number of hydrogen-bond donors (Lipinski definition) is 1. The van der Waals surface area contributed by atoms with E-state index in [-0.39, 0.29) is 11.8 Å². The number of hydrogen-bond acceptors (Lipinski definition) is 3. The lowest BCUT2D eigenvalue weighted by Crippen LogP contribution is -2.13. The Labute approximate surface area is 121 Å². The predicted molar refractivity (Wildman–Crippen MR) is 78.8 cm³/mol. The van der Waals surface area contributed by atoms with Crippen molar-refractivity contribution in [1.82, 2.24) is 19.9 Å². The molecule has 1 unspecified atom stereocenters. The molecule has 1 fully saturated rings. The molecule has 1 N–H and O–H groups in total. The molecule has 0 radical (unpaired) electrons. The summed E-state index contributed by atoms with van der Waals surface area (Å²) < 4.78 is 1.83. The SMILES string of the molecule is O=C1CC(c2ccc(-c3cnc4cccnn34)cc2)CN1. The van der Waals surface area contributed by atoms with Gasteiger partial charge in [-0.05, 0) is 17.7 Å². The van der Waals surface area contributed by atoms with E-state index in [0.29, 0.717) is 6.42 Å². The molecule has 0 spiro atoms. The van der Waals surface area contributed by atoms with Gasteiger partial charge in [-0.2, -0.15) is 5.10 Å². The normalized spacial score (nSPS) is 18.1. The van der Waals surface area contributed by atoms with Crippen LogP contribution < -0.4 is 5.32 Å². The van der Waals surface area contributed by atoms with Crippen molar-refractivity contribution >= 4 is 11.6 Å². The first kappa shape index (κ1) is 12.1. The Morgan fingerprint density at radius 2 is 2.05 bits per heavy atom. The summed E-state index contributed by atoms with van der Waals surface area (Å²) in [5.41, 5.74) is 4.07. The smallest absolute Gasteiger partial charge is 0.220 e. The van der Waals surface area contributed by atoms with Crippen molar-refractivity contribution in [3.8, 4) is 11.3 Å². The Balaban J connectivity index is 1.69. The van der Waals surface area contributed by atoms with Crippen LogP contribution in [0.25, 0.3) is 16.9 Å². The molecule has 0 saturated carbocycles. The zero-order valence-corrected chi connectivity index (χ0v) is 11.4. The zero-order chi connectivity index (χ0) is 14.2. The van der Waals surface area contributed by atoms with Crippen LogP contribution >= 0.6 is 0 Å². The third-order valence-corrected chi connectivity index (χ3v) is 3.93. The van der Waals surface area contributed by atoms with Gasteiger partial charge < -0.3 is 5.32 Å². The van der Waals surface area contributed by atoms with Crippen LogP contribution in [0.2, 0.25) is 0 Å². The molecule has 1 aliphatic heterocycles. The molecule has 1 aromatic carbocycles. The average Bonchev–Trinajstić information content (AvgIpc) is 3.14. The lowest BCUT2D eigenvalue weighted by Gasteiger charge is -2.08. The second-order valence-electron chi connectivity index (χ2n) is 5.26. The zero-order valence-electron chi connectivity index (χ0n) is 11.4. The van der Waals surface area contributed by atoms with Crippen molar-refractivity contribution < 1.29 is 4.79 Å². The van der Waals surface area contributed by atoms with Gasteiger partial charge in [-0.3, -0.25) is 4.79 Å². The first-order valence-corrected chi connectivity index (χ1v) is 6.97. The lowest BCUT2D eigenvalue weighted by molar-refractivity contribution is -0.119. The highest BCUT2D eigenvalue weighted by Crippen LogP contribution is 2.26. The lowest BCUT2D eigenvalue weighted by atomic mass is 9.97. The first-order chi connectivity index (χ1) is 10.3. The number of amides is 1. The largest absolute Gasteiger partial charge is 0.355 e. The van der Waals surface area contributed by atoms with E-state index in [1.54, 1.807) is 6.20 Å². The number of carbonyl (C=O) groups excluding carboxylic acids is 1. The summed E-state index contributed by atoms with van der Waals surface area (Å²) in [4.78, 5) is 15.6. The second kappa shape index (κ2) is 4.70. The standard InChI is InChI=1S/C16H14N4O/c21-16-8-13(9-18-16)11-3-5-12(6-4-11)14-10-17-15-2-1-7-19-20(14)15/h1-7,10,13H,8-9H2,(H,18,21). The van der Waals surface area contributed by atoms with Crippen LogP contribution in [0, 0.1) is 0 Å². The molecule has 5 nitrogen and oxygen atoms in total. The summed E-state index contributed by atoms with van der Waals surface area (Å²) in [6, 6.07) is 12.1. The molecular formula is C16H14N4O. The van der Waals surface area contributed by atoms with Crippen LogP contribution in [-0.4, -0.2) is 27.0 Å². The summed E-state index contributed by atoms with van der Waals surface area (Å²) >= 11 is 0. The van der Waals surface area contributed by atoms with Gasteiger partial charge in [-0.25, -0.2) is 9.50 Å². The topological polar surface area (TPSA) is 59.3 Å². The van der Waals surface area contributed by atoms with Gasteiger partial charge in [0.2, 0.25) is 5.91 Å². The molecule has 1 aliphatic rings. The molecule has 104 valence electrons. The van der Waals surface area contributed by atoms with E-state index in [1.165, 1.54) is 5.56 Å². The third-order valence-electron chi connectivity index (χ3n) is 3.93. The Kier molecular flexibility index (Phi) is 2.70. The molecule has 3 aromatic rings. The Bertz CT molecular complexity index is 807. The van der Waals surface area contributed by atoms with Crippen LogP contribution in [-0.2, 0) is 4.79 Å². The van der Waals surface area contributed by atoms with Crippen molar-refractivity contribution in [3.05, 3.63) is 54.4 Å². The van der Waals surface area contributed by atoms with Crippen LogP contribution in [0.3, 0.4) is 0 Å². The molecule has 3 heterocycles. The fourth-order valence-electron chi connectivity index (χ4n) is 2.79. The number of nitrogens with zero attached hydrogens (tertiary/aromatic N) is 3. The molecular weight excluding hydrogens is 264 g/mol. The van der Waals surface area contributed by atoms with Crippen molar-refractivity contribution in [2.45, 2.75) is 12.3 Å². The quantitative estimate of drug-likeness (QED) is 0.780. The van der Waals surface area contributed by atoms with E-state index in [4.69, 9.17) is 0 Å². The van der Waals surface area contributed by atoms with E-state index < -0.39 is 0 Å². The van der Waals surface area contributed by atoms with Crippen LogP contribution in [0.4, 0.5) is 0 Å². The highest BCUT2D eigenvalue weighted by Gasteiger charge is 2.22. The fourth-order valence-corrected chi connectivity index (χ4v) is 2.79. The van der Waals surface area contributed by atoms with Gasteiger partial charge in [0.05, 0.1) is 11.9 Å². The molecule has 0 bridgehead atoms. The van der Waals surface area contributed by atoms with Crippen LogP contribution in [0.15, 0.2) is 48.8 Å². The number of benzene rings is 1. The molecule has 2 aromatic heterocycles. The predicted octanol–water partition coefficient (Wildman–Crippen LogP) is 2.00. The maximum Gasteiger partial charge on any atom is 0.220 e. The first-order valence-electron chi connectivity index (χ1n) is 6.97. The molecule has 21 heavy (non-hydrogen) atoms. The van der Waals surface area contributed by atoms with Gasteiger partial charge >= 0.3 is 0 Å². The van der Waals surface area contributed by atoms with Gasteiger partial charge in [-0.1, -0.05) is 24.3 Å². The Hall–Kier alpha value is -2.69. The van der Waals surface area contributed by atoms with E-state index in [0.717, 1.165) is 23.4 Å². The maximum absolute atomic E-state index is 11.3. The van der Waals surface area contributed by atoms with Gasteiger partial charge in [-0.15, -0.1) is 0 Å². The number of nitrogens with one attached hydrogen (secondary N) is 1. The number of fused-ring (bicyclic) bond motifs is 1. The summed E-state index contributed by atoms with van der Waals surface area (Å²) in [7, 11) is 0. The van der Waals surface area contributed by atoms with Crippen molar-refractivity contribution in [2.24, 2.45) is 0 Å². The third kappa shape index (κ3) is 2.07. The highest BCUT2D eigenvalue weighted by molar-refractivity contribution is 5.79. The monoisotopic (exact) mass is 278 g/mol. The molecule has 5 heteroatoms. The Morgan fingerprint density at radius 3 is 2.81 bits per heavy atom. The molecule has 0 aliphatic carbocycles. The van der Waals surface area contributed by atoms with E-state index >= 15 is 0 Å². The minimum absolute atomic E-state index is 0.134. The Morgan fingerprint density at radius 1 is 1.19 bits per heavy atom. The molecule has 1 atom stereocenters. The number of carbonyl (C=O) groups is 1. The summed E-state index contributed by atoms with van der Waals surface area (Å²) in [6.45, 7) is 0.731. The second-order valence-corrected chi connectivity index (χ2v) is 5.26. The van der Waals surface area contributed by atoms with Gasteiger partial charge in [0.15, 0.2) is 5.65 Å². The van der Waals surface area contributed by atoms with Crippen LogP contribution in [0.1, 0.15) is 17.9 Å². The van der Waals surface area contributed by atoms with Crippen molar-refractivity contribution in [3.63, 3.8) is 0 Å². The number of imidazole rings is 1. The summed E-state index contributed by atoms with van der Waals surface area (Å²) in [6.07, 6.45) is 4.16. The van der Waals surface area contributed by atoms with E-state index in [2.05, 4.69) is 39.7 Å². The van der Waals surface area contributed by atoms with Crippen molar-refractivity contribution in [2.75, 3.05) is 6.54 Å². The van der Waals surface area contributed by atoms with Crippen LogP contribution in [0.5, 0.6) is 0 Å². The maximum atomic E-state index is 11.3. The fraction of sp³-hybridized carbons (Fsp3) is 0.188. The minimum Gasteiger partial charge on any atom is -0.355 e. The number of aromatic nitrogens is 3. The number of rotatable bonds is 2. The summed E-state index contributed by atoms with van der Waals surface area (Å²) in [5.74, 6) is 0.418. The molecule has 1 saturated heterocycles. The van der Waals surface area contributed by atoms with Crippen molar-refractivity contribution in [1.29, 1.82) is 0 Å². The van der Waals surface area contributed by atoms with Gasteiger partial charge in [0, 0.05) is 30.6 Å².